The van der Waals surface area contributed by atoms with E-state index in [1.54, 1.807) is 0 Å². The largest absolute Gasteiger partial charge is 0.378 e. The third kappa shape index (κ3) is 1.61. The molecule has 5 unspecified atom stereocenters. The van der Waals surface area contributed by atoms with Gasteiger partial charge < -0.3 is 10.1 Å². The summed E-state index contributed by atoms with van der Waals surface area (Å²) in [6, 6.07) is 0.0890. The summed E-state index contributed by atoms with van der Waals surface area (Å²) < 4.78 is 5.39. The predicted molar refractivity (Wildman–Crippen MR) is 67.0 cm³/mol. The zero-order chi connectivity index (χ0) is 13.0. The summed E-state index contributed by atoms with van der Waals surface area (Å²) in [6.07, 6.45) is 5.25. The van der Waals surface area contributed by atoms with Crippen LogP contribution < -0.4 is 5.32 Å². The van der Waals surface area contributed by atoms with E-state index in [9.17, 15) is 9.59 Å². The lowest BCUT2D eigenvalue weighted by Crippen LogP contribution is -2.50. The van der Waals surface area contributed by atoms with Crippen molar-refractivity contribution in [3.63, 3.8) is 0 Å². The number of allylic oxidation sites excluding steroid dienone is 2. The summed E-state index contributed by atoms with van der Waals surface area (Å²) in [6.45, 7) is 2.54. The lowest BCUT2D eigenvalue weighted by Gasteiger charge is -2.28. The number of rotatable bonds is 2. The Hall–Kier alpha value is -1.20. The van der Waals surface area contributed by atoms with Crippen molar-refractivity contribution in [2.45, 2.75) is 12.5 Å². The average molecular weight is 262 g/mol. The van der Waals surface area contributed by atoms with E-state index in [4.69, 9.17) is 4.74 Å². The molecule has 102 valence electrons. The number of nitrogens with one attached hydrogen (secondary N) is 1. The van der Waals surface area contributed by atoms with Crippen LogP contribution in [0.4, 0.5) is 0 Å². The Morgan fingerprint density at radius 2 is 1.89 bits per heavy atom. The van der Waals surface area contributed by atoms with E-state index in [0.29, 0.717) is 31.6 Å². The Bertz CT molecular complexity index is 426. The minimum Gasteiger partial charge on any atom is -0.378 e. The third-order valence-corrected chi connectivity index (χ3v) is 4.96. The van der Waals surface area contributed by atoms with Crippen LogP contribution in [0.5, 0.6) is 0 Å². The van der Waals surface area contributed by atoms with Gasteiger partial charge in [0, 0.05) is 19.1 Å². The molecule has 5 heteroatoms. The standard InChI is InChI=1S/C14H18N2O3/c17-13-11-8-1-2-9(5-8)12(11)14(18)16(13)6-10-7-19-4-3-15-10/h1-2,8-12,15H,3-7H2. The van der Waals surface area contributed by atoms with Crippen LogP contribution in [-0.2, 0) is 14.3 Å². The number of nitrogens with zero attached hydrogens (tertiary/aromatic N) is 1. The van der Waals surface area contributed by atoms with Crippen LogP contribution in [0, 0.1) is 23.7 Å². The molecule has 2 aliphatic carbocycles. The number of fused-ring (bicyclic) bond motifs is 5. The quantitative estimate of drug-likeness (QED) is 0.552. The van der Waals surface area contributed by atoms with Gasteiger partial charge in [-0.3, -0.25) is 14.5 Å². The molecule has 1 N–H and O–H groups in total. The van der Waals surface area contributed by atoms with Crippen LogP contribution in [0.15, 0.2) is 12.2 Å². The molecule has 19 heavy (non-hydrogen) atoms. The molecule has 0 aromatic heterocycles. The van der Waals surface area contributed by atoms with Gasteiger partial charge in [-0.1, -0.05) is 12.2 Å². The molecule has 5 nitrogen and oxygen atoms in total. The second kappa shape index (κ2) is 4.15. The van der Waals surface area contributed by atoms with Gasteiger partial charge in [0.2, 0.25) is 11.8 Å². The molecule has 0 aromatic rings. The first-order chi connectivity index (χ1) is 9.25. The Morgan fingerprint density at radius 3 is 2.47 bits per heavy atom. The Labute approximate surface area is 112 Å². The maximum absolute atomic E-state index is 12.5. The summed E-state index contributed by atoms with van der Waals surface area (Å²) in [5.41, 5.74) is 0. The Balaban J connectivity index is 1.52. The lowest BCUT2D eigenvalue weighted by molar-refractivity contribution is -0.141. The highest BCUT2D eigenvalue weighted by atomic mass is 16.5. The van der Waals surface area contributed by atoms with E-state index in [1.165, 1.54) is 4.90 Å². The maximum atomic E-state index is 12.5. The Kier molecular flexibility index (Phi) is 2.53. The van der Waals surface area contributed by atoms with Crippen molar-refractivity contribution in [3.8, 4) is 0 Å². The second-order valence-corrected chi connectivity index (χ2v) is 6.01. The van der Waals surface area contributed by atoms with E-state index < -0.39 is 0 Å². The minimum absolute atomic E-state index is 0.0409. The van der Waals surface area contributed by atoms with Crippen molar-refractivity contribution in [1.82, 2.24) is 10.2 Å². The summed E-state index contributed by atoms with van der Waals surface area (Å²) in [5, 5.41) is 3.30. The van der Waals surface area contributed by atoms with Crippen molar-refractivity contribution in [2.24, 2.45) is 23.7 Å². The molecular weight excluding hydrogens is 244 g/mol. The van der Waals surface area contributed by atoms with Gasteiger partial charge in [0.25, 0.3) is 0 Å². The molecular formula is C14H18N2O3. The van der Waals surface area contributed by atoms with Crippen molar-refractivity contribution in [1.29, 1.82) is 0 Å². The fourth-order valence-electron chi connectivity index (χ4n) is 4.10. The summed E-state index contributed by atoms with van der Waals surface area (Å²) >= 11 is 0. The van der Waals surface area contributed by atoms with Crippen molar-refractivity contribution >= 4 is 11.8 Å². The molecule has 0 radical (unpaired) electrons. The fraction of sp³-hybridized carbons (Fsp3) is 0.714. The van der Waals surface area contributed by atoms with Gasteiger partial charge in [0.1, 0.15) is 0 Å². The van der Waals surface area contributed by atoms with E-state index in [-0.39, 0.29) is 29.7 Å². The first-order valence-electron chi connectivity index (χ1n) is 7.10. The first kappa shape index (κ1) is 11.6. The van der Waals surface area contributed by atoms with Crippen LogP contribution >= 0.6 is 0 Å². The number of hydrogen-bond acceptors (Lipinski definition) is 4. The number of carbonyl (C=O) groups is 2. The zero-order valence-electron chi connectivity index (χ0n) is 10.7. The lowest BCUT2D eigenvalue weighted by atomic mass is 9.85. The number of amides is 2. The topological polar surface area (TPSA) is 58.6 Å². The second-order valence-electron chi connectivity index (χ2n) is 6.01. The number of morpholine rings is 1. The number of likely N-dealkylation sites (tertiary alicyclic amines) is 1. The highest BCUT2D eigenvalue weighted by Crippen LogP contribution is 2.52. The van der Waals surface area contributed by atoms with Gasteiger partial charge in [-0.05, 0) is 18.3 Å². The molecule has 2 heterocycles. The SMILES string of the molecule is O=C1C2C3C=CC(C3)C2C(=O)N1CC1COCCN1. The number of carbonyl (C=O) groups excluding carboxylic acids is 2. The number of hydrogen-bond donors (Lipinski definition) is 1. The van der Waals surface area contributed by atoms with Crippen molar-refractivity contribution in [3.05, 3.63) is 12.2 Å². The van der Waals surface area contributed by atoms with Gasteiger partial charge in [0.05, 0.1) is 25.0 Å². The normalized spacial score (nSPS) is 44.2. The average Bonchev–Trinajstić information content (AvgIpc) is 3.10. The molecule has 1 saturated carbocycles. The van der Waals surface area contributed by atoms with Crippen LogP contribution in [0.2, 0.25) is 0 Å². The molecule has 2 bridgehead atoms. The third-order valence-electron chi connectivity index (χ3n) is 4.96. The van der Waals surface area contributed by atoms with Crippen molar-refractivity contribution < 1.29 is 14.3 Å². The van der Waals surface area contributed by atoms with Gasteiger partial charge in [0.15, 0.2) is 0 Å². The summed E-state index contributed by atoms with van der Waals surface area (Å²) in [7, 11) is 0. The molecule has 2 amide bonds. The minimum atomic E-state index is -0.0768. The predicted octanol–water partition coefficient (Wildman–Crippen LogP) is -0.218. The highest BCUT2D eigenvalue weighted by Gasteiger charge is 2.59. The highest BCUT2D eigenvalue weighted by molar-refractivity contribution is 6.06. The van der Waals surface area contributed by atoms with Crippen LogP contribution in [-0.4, -0.2) is 49.1 Å². The molecule has 3 fully saturated rings. The molecule has 2 aliphatic heterocycles. The van der Waals surface area contributed by atoms with Gasteiger partial charge in [-0.25, -0.2) is 0 Å². The Morgan fingerprint density at radius 1 is 1.21 bits per heavy atom. The molecule has 4 rings (SSSR count). The van der Waals surface area contributed by atoms with Gasteiger partial charge in [-0.15, -0.1) is 0 Å². The number of imide groups is 1. The van der Waals surface area contributed by atoms with E-state index in [0.717, 1.165) is 13.0 Å². The first-order valence-corrected chi connectivity index (χ1v) is 7.10. The molecule has 4 aliphatic rings. The smallest absolute Gasteiger partial charge is 0.233 e. The molecule has 5 atom stereocenters. The van der Waals surface area contributed by atoms with Gasteiger partial charge >= 0.3 is 0 Å². The molecule has 0 aromatic carbocycles. The fourth-order valence-corrected chi connectivity index (χ4v) is 4.10. The van der Waals surface area contributed by atoms with E-state index in [2.05, 4.69) is 17.5 Å². The monoisotopic (exact) mass is 262 g/mol. The molecule has 0 spiro atoms. The van der Waals surface area contributed by atoms with E-state index >= 15 is 0 Å². The zero-order valence-corrected chi connectivity index (χ0v) is 10.7. The van der Waals surface area contributed by atoms with E-state index in [1.807, 2.05) is 0 Å². The summed E-state index contributed by atoms with van der Waals surface area (Å²) in [5.74, 6) is 0.525. The molecule has 2 saturated heterocycles. The maximum Gasteiger partial charge on any atom is 0.233 e. The number of ether oxygens (including phenoxy) is 1. The summed E-state index contributed by atoms with van der Waals surface area (Å²) in [4.78, 5) is 26.4. The van der Waals surface area contributed by atoms with Crippen LogP contribution in [0.25, 0.3) is 0 Å². The van der Waals surface area contributed by atoms with Gasteiger partial charge in [-0.2, -0.15) is 0 Å². The van der Waals surface area contributed by atoms with Crippen LogP contribution in [0.3, 0.4) is 0 Å². The van der Waals surface area contributed by atoms with Crippen LogP contribution in [0.1, 0.15) is 6.42 Å². The van der Waals surface area contributed by atoms with Crippen molar-refractivity contribution in [2.75, 3.05) is 26.3 Å².